The first-order valence-corrected chi connectivity index (χ1v) is 7.13. The first-order valence-electron chi connectivity index (χ1n) is 5.96. The number of rotatable bonds is 4. The van der Waals surface area contributed by atoms with Crippen LogP contribution in [0.5, 0.6) is 0 Å². The molecule has 4 heteroatoms. The van der Waals surface area contributed by atoms with Crippen LogP contribution in [-0.4, -0.2) is 11.7 Å². The third-order valence-corrected chi connectivity index (χ3v) is 4.17. The summed E-state index contributed by atoms with van der Waals surface area (Å²) in [7, 11) is 0. The number of hydrogen-bond donors (Lipinski definition) is 2. The van der Waals surface area contributed by atoms with Gasteiger partial charge >= 0.3 is 0 Å². The summed E-state index contributed by atoms with van der Waals surface area (Å²) < 4.78 is 0.832. The van der Waals surface area contributed by atoms with Crippen molar-refractivity contribution in [3.05, 3.63) is 63.6 Å². The van der Waals surface area contributed by atoms with Gasteiger partial charge in [0.2, 0.25) is 0 Å². The number of benzene rings is 2. The molecule has 0 radical (unpaired) electrons. The minimum atomic E-state index is -0.923. The van der Waals surface area contributed by atoms with Crippen molar-refractivity contribution in [2.45, 2.75) is 12.5 Å². The second kappa shape index (κ2) is 5.95. The highest BCUT2D eigenvalue weighted by molar-refractivity contribution is 9.10. The first-order chi connectivity index (χ1) is 8.99. The first kappa shape index (κ1) is 14.4. The van der Waals surface area contributed by atoms with E-state index in [1.807, 2.05) is 48.5 Å². The van der Waals surface area contributed by atoms with Gasteiger partial charge < -0.3 is 10.4 Å². The molecule has 19 heavy (non-hydrogen) atoms. The van der Waals surface area contributed by atoms with Crippen molar-refractivity contribution in [2.75, 3.05) is 11.9 Å². The Morgan fingerprint density at radius 3 is 2.53 bits per heavy atom. The van der Waals surface area contributed by atoms with Gasteiger partial charge in [-0.25, -0.2) is 0 Å². The zero-order chi connectivity index (χ0) is 13.9. The molecule has 1 atom stereocenters. The van der Waals surface area contributed by atoms with E-state index in [0.717, 1.165) is 15.7 Å². The second-order valence-electron chi connectivity index (χ2n) is 4.62. The summed E-state index contributed by atoms with van der Waals surface area (Å²) in [5.41, 5.74) is 0.871. The fourth-order valence-corrected chi connectivity index (χ4v) is 2.28. The molecule has 2 N–H and O–H groups in total. The standard InChI is InChI=1S/C15H15BrClNO/c1-15(19,11-5-3-2-4-6-11)10-18-12-7-8-14(17)13(16)9-12/h2-9,18-19H,10H2,1H3. The monoisotopic (exact) mass is 339 g/mol. The molecule has 0 amide bonds. The summed E-state index contributed by atoms with van der Waals surface area (Å²) in [6, 6.07) is 15.2. The number of nitrogens with one attached hydrogen (secondary N) is 1. The highest BCUT2D eigenvalue weighted by Gasteiger charge is 2.22. The fraction of sp³-hybridized carbons (Fsp3) is 0.200. The Morgan fingerprint density at radius 2 is 1.89 bits per heavy atom. The molecule has 0 aliphatic rings. The van der Waals surface area contributed by atoms with Gasteiger partial charge in [0.05, 0.1) is 5.02 Å². The van der Waals surface area contributed by atoms with Crippen LogP contribution < -0.4 is 5.32 Å². The molecule has 2 aromatic rings. The molecule has 2 rings (SSSR count). The molecule has 2 nitrogen and oxygen atoms in total. The molecule has 0 bridgehead atoms. The molecule has 100 valence electrons. The van der Waals surface area contributed by atoms with E-state index in [0.29, 0.717) is 11.6 Å². The summed E-state index contributed by atoms with van der Waals surface area (Å²) in [5, 5.41) is 14.4. The molecule has 0 spiro atoms. The van der Waals surface area contributed by atoms with E-state index in [9.17, 15) is 5.11 Å². The third-order valence-electron chi connectivity index (χ3n) is 2.95. The van der Waals surface area contributed by atoms with E-state index in [-0.39, 0.29) is 0 Å². The van der Waals surface area contributed by atoms with E-state index in [1.54, 1.807) is 6.92 Å². The second-order valence-corrected chi connectivity index (χ2v) is 5.88. The van der Waals surface area contributed by atoms with Crippen LogP contribution in [-0.2, 0) is 5.60 Å². The lowest BCUT2D eigenvalue weighted by molar-refractivity contribution is 0.0715. The van der Waals surface area contributed by atoms with Crippen LogP contribution in [0.4, 0.5) is 5.69 Å². The maximum atomic E-state index is 10.5. The summed E-state index contributed by atoms with van der Waals surface area (Å²) in [6.07, 6.45) is 0. The van der Waals surface area contributed by atoms with Crippen LogP contribution in [0.3, 0.4) is 0 Å². The molecule has 0 saturated heterocycles. The van der Waals surface area contributed by atoms with E-state index >= 15 is 0 Å². The van der Waals surface area contributed by atoms with Gasteiger partial charge in [-0.1, -0.05) is 41.9 Å². The molecule has 0 aromatic heterocycles. The minimum Gasteiger partial charge on any atom is -0.384 e. The summed E-state index contributed by atoms with van der Waals surface area (Å²) >= 11 is 9.32. The lowest BCUT2D eigenvalue weighted by Gasteiger charge is -2.25. The maximum Gasteiger partial charge on any atom is 0.104 e. The van der Waals surface area contributed by atoms with Crippen molar-refractivity contribution in [3.63, 3.8) is 0 Å². The van der Waals surface area contributed by atoms with Gasteiger partial charge in [-0.2, -0.15) is 0 Å². The van der Waals surface area contributed by atoms with Crippen molar-refractivity contribution < 1.29 is 5.11 Å². The highest BCUT2D eigenvalue weighted by Crippen LogP contribution is 2.27. The van der Waals surface area contributed by atoms with Gasteiger partial charge in [0.25, 0.3) is 0 Å². The Hall–Kier alpha value is -1.03. The number of aliphatic hydroxyl groups is 1. The number of anilines is 1. The maximum absolute atomic E-state index is 10.5. The molecular weight excluding hydrogens is 326 g/mol. The van der Waals surface area contributed by atoms with E-state index in [4.69, 9.17) is 11.6 Å². The minimum absolute atomic E-state index is 0.422. The lowest BCUT2D eigenvalue weighted by Crippen LogP contribution is -2.30. The summed E-state index contributed by atoms with van der Waals surface area (Å²) in [6.45, 7) is 2.21. The Bertz CT molecular complexity index is 557. The molecule has 2 aromatic carbocycles. The van der Waals surface area contributed by atoms with E-state index in [1.165, 1.54) is 0 Å². The Balaban J connectivity index is 2.07. The normalized spacial score (nSPS) is 13.9. The molecule has 0 saturated carbocycles. The summed E-state index contributed by atoms with van der Waals surface area (Å²) in [5.74, 6) is 0. The lowest BCUT2D eigenvalue weighted by atomic mass is 9.96. The fourth-order valence-electron chi connectivity index (χ4n) is 1.78. The molecule has 1 unspecified atom stereocenters. The zero-order valence-corrected chi connectivity index (χ0v) is 12.9. The van der Waals surface area contributed by atoms with Crippen LogP contribution in [0.25, 0.3) is 0 Å². The van der Waals surface area contributed by atoms with Gasteiger partial charge in [-0.05, 0) is 46.6 Å². The van der Waals surface area contributed by atoms with Crippen LogP contribution in [0, 0.1) is 0 Å². The van der Waals surface area contributed by atoms with Crippen LogP contribution in [0.15, 0.2) is 53.0 Å². The smallest absolute Gasteiger partial charge is 0.104 e. The van der Waals surface area contributed by atoms with Crippen molar-refractivity contribution in [1.82, 2.24) is 0 Å². The van der Waals surface area contributed by atoms with Gasteiger partial charge in [0, 0.05) is 16.7 Å². The largest absolute Gasteiger partial charge is 0.384 e. The Morgan fingerprint density at radius 1 is 1.21 bits per heavy atom. The van der Waals surface area contributed by atoms with Gasteiger partial charge in [-0.15, -0.1) is 0 Å². The van der Waals surface area contributed by atoms with E-state index < -0.39 is 5.60 Å². The molecule has 0 fully saturated rings. The molecule has 0 aliphatic heterocycles. The van der Waals surface area contributed by atoms with Gasteiger partial charge in [0.1, 0.15) is 5.60 Å². The quantitative estimate of drug-likeness (QED) is 0.863. The average molecular weight is 341 g/mol. The Kier molecular flexibility index (Phi) is 4.50. The predicted octanol–water partition coefficient (Wildman–Crippen LogP) is 4.42. The third kappa shape index (κ3) is 3.72. The van der Waals surface area contributed by atoms with Crippen LogP contribution >= 0.6 is 27.5 Å². The van der Waals surface area contributed by atoms with Crippen molar-refractivity contribution in [3.8, 4) is 0 Å². The number of hydrogen-bond acceptors (Lipinski definition) is 2. The van der Waals surface area contributed by atoms with Crippen molar-refractivity contribution >= 4 is 33.2 Å². The molecular formula is C15H15BrClNO. The highest BCUT2D eigenvalue weighted by atomic mass is 79.9. The average Bonchev–Trinajstić information content (AvgIpc) is 2.41. The molecule has 0 heterocycles. The van der Waals surface area contributed by atoms with E-state index in [2.05, 4.69) is 21.2 Å². The van der Waals surface area contributed by atoms with Gasteiger partial charge in [0.15, 0.2) is 0 Å². The van der Waals surface area contributed by atoms with Crippen LogP contribution in [0.1, 0.15) is 12.5 Å². The zero-order valence-electron chi connectivity index (χ0n) is 10.5. The summed E-state index contributed by atoms with van der Waals surface area (Å²) in [4.78, 5) is 0. The van der Waals surface area contributed by atoms with Crippen molar-refractivity contribution in [2.24, 2.45) is 0 Å². The SMILES string of the molecule is CC(O)(CNc1ccc(Cl)c(Br)c1)c1ccccc1. The Labute approximate surface area is 126 Å². The molecule has 0 aliphatic carbocycles. The van der Waals surface area contributed by atoms with Crippen molar-refractivity contribution in [1.29, 1.82) is 0 Å². The topological polar surface area (TPSA) is 32.3 Å². The van der Waals surface area contributed by atoms with Gasteiger partial charge in [-0.3, -0.25) is 0 Å². The predicted molar refractivity (Wildman–Crippen MR) is 83.7 cm³/mol. The van der Waals surface area contributed by atoms with Crippen LogP contribution in [0.2, 0.25) is 5.02 Å². The number of halogens is 2.